The fourth-order valence-electron chi connectivity index (χ4n) is 3.69. The molecule has 0 radical (unpaired) electrons. The summed E-state index contributed by atoms with van der Waals surface area (Å²) in [6.45, 7) is 2.91. The quantitative estimate of drug-likeness (QED) is 0.288. The van der Waals surface area contributed by atoms with Crippen LogP contribution in [0.2, 0.25) is 0 Å². The molecule has 186 valence electrons. The van der Waals surface area contributed by atoms with Crippen LogP contribution in [-0.2, 0) is 14.9 Å². The van der Waals surface area contributed by atoms with Crippen molar-refractivity contribution in [2.45, 2.75) is 18.5 Å². The van der Waals surface area contributed by atoms with Crippen LogP contribution in [0, 0.1) is 0 Å². The molecule has 1 aliphatic rings. The van der Waals surface area contributed by atoms with Gasteiger partial charge in [-0.15, -0.1) is 0 Å². The van der Waals surface area contributed by atoms with Crippen LogP contribution in [0.15, 0.2) is 42.6 Å². The number of hydrogen-bond donors (Lipinski definition) is 0. The lowest BCUT2D eigenvalue weighted by atomic mass is 10.1. The molecule has 10 nitrogen and oxygen atoms in total. The lowest BCUT2D eigenvalue weighted by Crippen LogP contribution is -2.52. The number of carbonyl (C=O) groups is 1. The number of piperazine rings is 1. The molecule has 0 unspecified atom stereocenters. The number of nitrogens with zero attached hydrogens (tertiary/aromatic N) is 5. The van der Waals surface area contributed by atoms with E-state index >= 15 is 0 Å². The minimum atomic E-state index is -6.00. The number of aromatic nitrogens is 3. The topological polar surface area (TPSA) is 115 Å². The Bertz CT molecular complexity index is 1350. The average molecular weight is 511 g/mol. The number of ether oxygens (including phenoxy) is 1. The summed E-state index contributed by atoms with van der Waals surface area (Å²) < 4.78 is 71.9. The molecule has 0 saturated carbocycles. The number of benzene rings is 1. The maximum atomic E-state index is 13.1. The first-order chi connectivity index (χ1) is 16.5. The molecule has 1 fully saturated rings. The zero-order valence-electron chi connectivity index (χ0n) is 18.6. The zero-order chi connectivity index (χ0) is 25.4. The Hall–Kier alpha value is -3.68. The highest BCUT2D eigenvalue weighted by Crippen LogP contribution is 2.34. The second kappa shape index (κ2) is 9.17. The van der Waals surface area contributed by atoms with Gasteiger partial charge in [0.25, 0.3) is 5.88 Å². The minimum Gasteiger partial charge on any atom is -0.465 e. The number of fused-ring (bicyclic) bond motifs is 1. The molecule has 35 heavy (non-hydrogen) atoms. The van der Waals surface area contributed by atoms with Crippen LogP contribution >= 0.6 is 0 Å². The van der Waals surface area contributed by atoms with Gasteiger partial charge in [0.15, 0.2) is 5.82 Å². The van der Waals surface area contributed by atoms with Crippen LogP contribution in [0.3, 0.4) is 0 Å². The van der Waals surface area contributed by atoms with Crippen LogP contribution < -0.4 is 14.0 Å². The van der Waals surface area contributed by atoms with Crippen LogP contribution in [0.25, 0.3) is 11.0 Å². The van der Waals surface area contributed by atoms with Crippen molar-refractivity contribution in [2.75, 3.05) is 36.5 Å². The van der Waals surface area contributed by atoms with E-state index in [2.05, 4.69) is 19.1 Å². The van der Waals surface area contributed by atoms with Gasteiger partial charge in [-0.1, -0.05) is 6.07 Å². The summed E-state index contributed by atoms with van der Waals surface area (Å²) in [5.74, 6) is -0.922. The first kappa shape index (κ1) is 24.4. The molecule has 1 saturated heterocycles. The lowest BCUT2D eigenvalue weighted by molar-refractivity contribution is -0.0501. The lowest BCUT2D eigenvalue weighted by Gasteiger charge is -2.41. The first-order valence-electron chi connectivity index (χ1n) is 10.3. The monoisotopic (exact) mass is 511 g/mol. The third-order valence-corrected chi connectivity index (χ3v) is 6.33. The molecule has 14 heteroatoms. The van der Waals surface area contributed by atoms with Crippen molar-refractivity contribution in [3.8, 4) is 5.88 Å². The zero-order valence-corrected chi connectivity index (χ0v) is 19.4. The van der Waals surface area contributed by atoms with E-state index in [0.717, 1.165) is 5.82 Å². The van der Waals surface area contributed by atoms with E-state index in [1.165, 1.54) is 25.3 Å². The van der Waals surface area contributed by atoms with Gasteiger partial charge in [-0.2, -0.15) is 21.6 Å². The summed E-state index contributed by atoms with van der Waals surface area (Å²) in [4.78, 5) is 28.2. The molecule has 1 atom stereocenters. The van der Waals surface area contributed by atoms with E-state index < -0.39 is 27.5 Å². The summed E-state index contributed by atoms with van der Waals surface area (Å²) in [6, 6.07) is 9.11. The normalized spacial score (nSPS) is 16.9. The number of anilines is 2. The largest absolute Gasteiger partial charge is 0.534 e. The van der Waals surface area contributed by atoms with Crippen molar-refractivity contribution in [1.29, 1.82) is 0 Å². The Balaban J connectivity index is 1.76. The number of alkyl halides is 3. The molecule has 2 aromatic heterocycles. The van der Waals surface area contributed by atoms with Crippen LogP contribution in [0.5, 0.6) is 5.88 Å². The molecule has 1 aromatic carbocycles. The van der Waals surface area contributed by atoms with E-state index in [-0.39, 0.29) is 35.0 Å². The summed E-state index contributed by atoms with van der Waals surface area (Å²) in [5, 5.41) is 0. The first-order valence-corrected chi connectivity index (χ1v) is 11.7. The van der Waals surface area contributed by atoms with Gasteiger partial charge in [-0.25, -0.2) is 19.7 Å². The van der Waals surface area contributed by atoms with Gasteiger partial charge >= 0.3 is 21.6 Å². The number of halogens is 3. The SMILES string of the molecule is COC(=O)c1ccc2nc(OS(=O)(=O)C(F)(F)F)c(N3CCN(c4ccccn4)C[C@@H]3C)nc2c1. The number of methoxy groups -OCH3 is 1. The van der Waals surface area contributed by atoms with Gasteiger partial charge in [0.1, 0.15) is 5.82 Å². The number of hydrogen-bond acceptors (Lipinski definition) is 10. The van der Waals surface area contributed by atoms with Gasteiger partial charge < -0.3 is 18.7 Å². The molecule has 1 aliphatic heterocycles. The fourth-order valence-corrected chi connectivity index (χ4v) is 4.10. The smallest absolute Gasteiger partial charge is 0.465 e. The van der Waals surface area contributed by atoms with Gasteiger partial charge in [0.2, 0.25) is 0 Å². The van der Waals surface area contributed by atoms with Crippen molar-refractivity contribution < 1.29 is 35.3 Å². The van der Waals surface area contributed by atoms with E-state index in [1.807, 2.05) is 17.0 Å². The highest BCUT2D eigenvalue weighted by atomic mass is 32.2. The molecule has 0 spiro atoms. The van der Waals surface area contributed by atoms with Crippen molar-refractivity contribution >= 4 is 38.8 Å². The molecule has 0 N–H and O–H groups in total. The van der Waals surface area contributed by atoms with Crippen LogP contribution in [0.1, 0.15) is 17.3 Å². The van der Waals surface area contributed by atoms with Gasteiger partial charge in [0.05, 0.1) is 23.7 Å². The van der Waals surface area contributed by atoms with E-state index in [1.54, 1.807) is 24.1 Å². The highest BCUT2D eigenvalue weighted by molar-refractivity contribution is 7.88. The van der Waals surface area contributed by atoms with Crippen molar-refractivity contribution in [3.05, 3.63) is 48.2 Å². The second-order valence-corrected chi connectivity index (χ2v) is 9.24. The fraction of sp³-hybridized carbons (Fsp3) is 0.333. The number of esters is 1. The van der Waals surface area contributed by atoms with Crippen molar-refractivity contribution in [2.24, 2.45) is 0 Å². The number of rotatable bonds is 5. The Morgan fingerprint density at radius 2 is 1.89 bits per heavy atom. The molecule has 0 amide bonds. The third-order valence-electron chi connectivity index (χ3n) is 5.38. The summed E-state index contributed by atoms with van der Waals surface area (Å²) in [5.41, 5.74) is -5.32. The standard InChI is InChI=1S/C21H20F3N5O5S/c1-13-12-28(17-5-3-4-8-25-17)9-10-29(13)18-19(34-35(31,32)21(22,23)24)27-15-7-6-14(20(30)33-2)11-16(15)26-18/h3-8,11,13H,9-10,12H2,1-2H3/t13-/m0/s1. The Labute approximate surface area is 198 Å². The van der Waals surface area contributed by atoms with E-state index in [4.69, 9.17) is 4.74 Å². The summed E-state index contributed by atoms with van der Waals surface area (Å²) in [6.07, 6.45) is 1.65. The molecule has 0 bridgehead atoms. The molecule has 4 rings (SSSR count). The molecule has 0 aliphatic carbocycles. The molecular formula is C21H20F3N5O5S. The maximum absolute atomic E-state index is 13.1. The Morgan fingerprint density at radius 3 is 2.51 bits per heavy atom. The average Bonchev–Trinajstić information content (AvgIpc) is 2.82. The van der Waals surface area contributed by atoms with Crippen molar-refractivity contribution in [3.63, 3.8) is 0 Å². The third kappa shape index (κ3) is 4.92. The van der Waals surface area contributed by atoms with E-state index in [9.17, 15) is 26.4 Å². The van der Waals surface area contributed by atoms with Gasteiger partial charge in [-0.05, 0) is 37.3 Å². The predicted octanol–water partition coefficient (Wildman–Crippen LogP) is 2.75. The number of carbonyl (C=O) groups excluding carboxylic acids is 1. The maximum Gasteiger partial charge on any atom is 0.534 e. The van der Waals surface area contributed by atoms with Gasteiger partial charge in [0, 0.05) is 31.9 Å². The number of pyridine rings is 1. The van der Waals surface area contributed by atoms with E-state index in [0.29, 0.717) is 13.1 Å². The Kier molecular flexibility index (Phi) is 6.40. The van der Waals surface area contributed by atoms with Crippen LogP contribution in [0.4, 0.5) is 24.8 Å². The minimum absolute atomic E-state index is 0.0357. The predicted molar refractivity (Wildman–Crippen MR) is 120 cm³/mol. The van der Waals surface area contributed by atoms with Crippen LogP contribution in [-0.4, -0.2) is 67.6 Å². The molecule has 3 heterocycles. The highest BCUT2D eigenvalue weighted by Gasteiger charge is 2.49. The molecule has 3 aromatic rings. The Morgan fingerprint density at radius 1 is 1.11 bits per heavy atom. The summed E-state index contributed by atoms with van der Waals surface area (Å²) >= 11 is 0. The molecular weight excluding hydrogens is 491 g/mol. The summed E-state index contributed by atoms with van der Waals surface area (Å²) in [7, 11) is -4.80. The van der Waals surface area contributed by atoms with Crippen molar-refractivity contribution in [1.82, 2.24) is 15.0 Å². The second-order valence-electron chi connectivity index (χ2n) is 7.71. The van der Waals surface area contributed by atoms with Gasteiger partial charge in [-0.3, -0.25) is 0 Å².